The second kappa shape index (κ2) is 6.09. The number of phenolic OH excluding ortho intramolecular Hbond substituents is 1. The van der Waals surface area contributed by atoms with Gasteiger partial charge in [-0.15, -0.1) is 0 Å². The first-order valence-electron chi connectivity index (χ1n) is 6.33. The molecule has 2 aromatic rings. The number of aryl methyl sites for hydroxylation is 1. The molecule has 0 aliphatic carbocycles. The Morgan fingerprint density at radius 1 is 1.25 bits per heavy atom. The molecule has 104 valence electrons. The number of benzene rings is 2. The van der Waals surface area contributed by atoms with Crippen molar-refractivity contribution in [2.75, 3.05) is 5.32 Å². The summed E-state index contributed by atoms with van der Waals surface area (Å²) in [6, 6.07) is 12.5. The zero-order chi connectivity index (χ0) is 14.7. The fourth-order valence-corrected chi connectivity index (χ4v) is 2.35. The summed E-state index contributed by atoms with van der Waals surface area (Å²) in [5, 5.41) is 12.4. The van der Waals surface area contributed by atoms with Crippen molar-refractivity contribution in [1.29, 1.82) is 0 Å². The first-order chi connectivity index (χ1) is 9.49. The maximum atomic E-state index is 12.2. The molecular formula is C16H16BrNO2. The van der Waals surface area contributed by atoms with Gasteiger partial charge < -0.3 is 10.4 Å². The number of alkyl halides is 1. The van der Waals surface area contributed by atoms with E-state index in [1.165, 1.54) is 6.07 Å². The molecule has 2 N–H and O–H groups in total. The van der Waals surface area contributed by atoms with Gasteiger partial charge in [0, 0.05) is 16.1 Å². The maximum Gasteiger partial charge on any atom is 0.255 e. The third kappa shape index (κ3) is 3.20. The highest BCUT2D eigenvalue weighted by molar-refractivity contribution is 9.09. The number of anilines is 1. The van der Waals surface area contributed by atoms with Crippen molar-refractivity contribution in [3.05, 3.63) is 59.2 Å². The van der Waals surface area contributed by atoms with Crippen LogP contribution in [0.4, 0.5) is 5.69 Å². The van der Waals surface area contributed by atoms with Gasteiger partial charge in [-0.2, -0.15) is 0 Å². The molecule has 1 unspecified atom stereocenters. The summed E-state index contributed by atoms with van der Waals surface area (Å²) >= 11 is 3.52. The topological polar surface area (TPSA) is 49.3 Å². The molecule has 0 aliphatic heterocycles. The molecule has 0 spiro atoms. The van der Waals surface area contributed by atoms with E-state index >= 15 is 0 Å². The molecule has 0 saturated heterocycles. The maximum absolute atomic E-state index is 12.2. The van der Waals surface area contributed by atoms with E-state index < -0.39 is 0 Å². The minimum atomic E-state index is -0.186. The van der Waals surface area contributed by atoms with Crippen LogP contribution < -0.4 is 5.32 Å². The number of phenols is 1. The van der Waals surface area contributed by atoms with Crippen molar-refractivity contribution in [1.82, 2.24) is 0 Å². The Kier molecular flexibility index (Phi) is 4.45. The molecule has 0 bridgehead atoms. The zero-order valence-corrected chi connectivity index (χ0v) is 12.9. The van der Waals surface area contributed by atoms with Crippen LogP contribution in [-0.2, 0) is 0 Å². The molecule has 2 rings (SSSR count). The molecule has 1 atom stereocenters. The molecule has 4 heteroatoms. The lowest BCUT2D eigenvalue weighted by Gasteiger charge is -2.13. The van der Waals surface area contributed by atoms with Crippen LogP contribution >= 0.6 is 15.9 Å². The molecule has 0 heterocycles. The number of hydrogen-bond donors (Lipinski definition) is 2. The quantitative estimate of drug-likeness (QED) is 0.817. The van der Waals surface area contributed by atoms with Crippen LogP contribution in [-0.4, -0.2) is 11.0 Å². The average Bonchev–Trinajstić information content (AvgIpc) is 2.42. The Morgan fingerprint density at radius 2 is 1.95 bits per heavy atom. The van der Waals surface area contributed by atoms with E-state index in [1.54, 1.807) is 19.1 Å². The molecule has 0 fully saturated rings. The number of halogens is 1. The largest absolute Gasteiger partial charge is 0.508 e. The van der Waals surface area contributed by atoms with Gasteiger partial charge in [0.05, 0.1) is 0 Å². The van der Waals surface area contributed by atoms with Crippen LogP contribution in [0.25, 0.3) is 0 Å². The molecule has 0 saturated carbocycles. The number of aromatic hydroxyl groups is 1. The van der Waals surface area contributed by atoms with Crippen molar-refractivity contribution in [3.8, 4) is 5.75 Å². The van der Waals surface area contributed by atoms with E-state index in [2.05, 4.69) is 21.2 Å². The Morgan fingerprint density at radius 3 is 2.60 bits per heavy atom. The predicted molar refractivity (Wildman–Crippen MR) is 84.6 cm³/mol. The lowest BCUT2D eigenvalue weighted by Crippen LogP contribution is -2.13. The molecule has 0 aliphatic rings. The van der Waals surface area contributed by atoms with E-state index in [1.807, 2.05) is 31.2 Å². The summed E-state index contributed by atoms with van der Waals surface area (Å²) in [6.45, 7) is 3.77. The summed E-state index contributed by atoms with van der Waals surface area (Å²) < 4.78 is 0. The van der Waals surface area contributed by atoms with Gasteiger partial charge in [0.1, 0.15) is 5.75 Å². The Hall–Kier alpha value is -1.81. The average molecular weight is 334 g/mol. The van der Waals surface area contributed by atoms with Crippen LogP contribution in [0.2, 0.25) is 0 Å². The van der Waals surface area contributed by atoms with Crippen LogP contribution in [0, 0.1) is 6.92 Å². The number of carbonyl (C=O) groups excluding carboxylic acids is 1. The highest BCUT2D eigenvalue weighted by Crippen LogP contribution is 2.29. The van der Waals surface area contributed by atoms with E-state index in [0.29, 0.717) is 11.1 Å². The molecular weight excluding hydrogens is 318 g/mol. The summed E-state index contributed by atoms with van der Waals surface area (Å²) in [5.74, 6) is 0.00438. The number of para-hydroxylation sites is 1. The molecule has 3 nitrogen and oxygen atoms in total. The van der Waals surface area contributed by atoms with Gasteiger partial charge in [-0.1, -0.05) is 34.1 Å². The van der Waals surface area contributed by atoms with Gasteiger partial charge in [-0.05, 0) is 49.2 Å². The van der Waals surface area contributed by atoms with E-state index in [9.17, 15) is 9.90 Å². The second-order valence-corrected chi connectivity index (χ2v) is 6.03. The van der Waals surface area contributed by atoms with Gasteiger partial charge in [0.2, 0.25) is 0 Å². The Balaban J connectivity index is 2.26. The van der Waals surface area contributed by atoms with Crippen molar-refractivity contribution in [3.63, 3.8) is 0 Å². The minimum Gasteiger partial charge on any atom is -0.508 e. The number of rotatable bonds is 3. The molecule has 1 amide bonds. The summed E-state index contributed by atoms with van der Waals surface area (Å²) in [5.41, 5.74) is 3.01. The number of carbonyl (C=O) groups is 1. The van der Waals surface area contributed by atoms with Crippen LogP contribution in [0.5, 0.6) is 5.75 Å². The monoisotopic (exact) mass is 333 g/mol. The Bertz CT molecular complexity index is 638. The third-order valence-corrected chi connectivity index (χ3v) is 3.59. The van der Waals surface area contributed by atoms with Crippen molar-refractivity contribution < 1.29 is 9.90 Å². The van der Waals surface area contributed by atoms with Crippen molar-refractivity contribution >= 4 is 27.5 Å². The molecule has 2 aromatic carbocycles. The fraction of sp³-hybridized carbons (Fsp3) is 0.188. The second-order valence-electron chi connectivity index (χ2n) is 4.66. The first-order valence-corrected chi connectivity index (χ1v) is 7.24. The molecule has 0 aromatic heterocycles. The van der Waals surface area contributed by atoms with Crippen molar-refractivity contribution in [2.45, 2.75) is 18.7 Å². The van der Waals surface area contributed by atoms with E-state index in [4.69, 9.17) is 0 Å². The highest BCUT2D eigenvalue weighted by Gasteiger charge is 2.12. The summed E-state index contributed by atoms with van der Waals surface area (Å²) in [7, 11) is 0. The lowest BCUT2D eigenvalue weighted by molar-refractivity contribution is 0.102. The van der Waals surface area contributed by atoms with Crippen molar-refractivity contribution in [2.24, 2.45) is 0 Å². The normalized spacial score (nSPS) is 11.9. The standard InChI is InChI=1S/C16H16BrNO2/c1-10-9-12(7-8-15(10)19)16(20)18-14-6-4-3-5-13(14)11(2)17/h3-9,11,19H,1-2H3,(H,18,20). The molecule has 0 radical (unpaired) electrons. The van der Waals surface area contributed by atoms with Gasteiger partial charge in [-0.3, -0.25) is 4.79 Å². The van der Waals surface area contributed by atoms with Gasteiger partial charge in [0.25, 0.3) is 5.91 Å². The van der Waals surface area contributed by atoms with Crippen LogP contribution in [0.3, 0.4) is 0 Å². The highest BCUT2D eigenvalue weighted by atomic mass is 79.9. The third-order valence-electron chi connectivity index (χ3n) is 3.10. The van der Waals surface area contributed by atoms with Gasteiger partial charge in [0.15, 0.2) is 0 Å². The van der Waals surface area contributed by atoms with E-state index in [0.717, 1.165) is 11.3 Å². The smallest absolute Gasteiger partial charge is 0.255 e. The number of hydrogen-bond acceptors (Lipinski definition) is 2. The predicted octanol–water partition coefficient (Wildman–Crippen LogP) is 4.41. The lowest BCUT2D eigenvalue weighted by atomic mass is 10.1. The number of nitrogens with one attached hydrogen (secondary N) is 1. The van der Waals surface area contributed by atoms with Crippen LogP contribution in [0.1, 0.15) is 33.2 Å². The SMILES string of the molecule is Cc1cc(C(=O)Nc2ccccc2C(C)Br)ccc1O. The first kappa shape index (κ1) is 14.6. The Labute approximate surface area is 126 Å². The fourth-order valence-electron chi connectivity index (χ4n) is 1.95. The minimum absolute atomic E-state index is 0.153. The van der Waals surface area contributed by atoms with Gasteiger partial charge >= 0.3 is 0 Å². The molecule has 20 heavy (non-hydrogen) atoms. The summed E-state index contributed by atoms with van der Waals surface area (Å²) in [4.78, 5) is 12.4. The van der Waals surface area contributed by atoms with Gasteiger partial charge in [-0.25, -0.2) is 0 Å². The summed E-state index contributed by atoms with van der Waals surface area (Å²) in [6.07, 6.45) is 0. The number of amides is 1. The van der Waals surface area contributed by atoms with Crippen LogP contribution in [0.15, 0.2) is 42.5 Å². The van der Waals surface area contributed by atoms with E-state index in [-0.39, 0.29) is 16.5 Å². The zero-order valence-electron chi connectivity index (χ0n) is 11.4.